The van der Waals surface area contributed by atoms with E-state index in [1.807, 2.05) is 6.08 Å². The summed E-state index contributed by atoms with van der Waals surface area (Å²) in [5.41, 5.74) is 0. The first-order valence-electron chi connectivity index (χ1n) is 30.4. The van der Waals surface area contributed by atoms with Gasteiger partial charge >= 0.3 is 17.9 Å². The molecule has 0 aliphatic rings. The number of hydrogen-bond acceptors (Lipinski definition) is 6. The molecule has 0 rings (SSSR count). The smallest absolute Gasteiger partial charge is 0.310 e. The van der Waals surface area contributed by atoms with E-state index < -0.39 is 12.1 Å². The van der Waals surface area contributed by atoms with E-state index >= 15 is 0 Å². The lowest BCUT2D eigenvalue weighted by atomic mass is 10.0. The van der Waals surface area contributed by atoms with Gasteiger partial charge in [-0.1, -0.05) is 265 Å². The maximum Gasteiger partial charge on any atom is 0.310 e. The number of hydrogen-bond donors (Lipinski definition) is 0. The maximum absolute atomic E-state index is 12.8. The van der Waals surface area contributed by atoms with Gasteiger partial charge in [-0.3, -0.25) is 14.4 Å². The second-order valence-corrected chi connectivity index (χ2v) is 19.9. The first-order chi connectivity index (χ1) is 36.0. The molecule has 0 saturated heterocycles. The third-order valence-corrected chi connectivity index (χ3v) is 12.7. The van der Waals surface area contributed by atoms with Crippen molar-refractivity contribution in [2.24, 2.45) is 0 Å². The van der Waals surface area contributed by atoms with Gasteiger partial charge in [0.1, 0.15) is 13.2 Å². The van der Waals surface area contributed by atoms with E-state index in [9.17, 15) is 14.4 Å². The van der Waals surface area contributed by atoms with Gasteiger partial charge in [-0.15, -0.1) is 0 Å². The monoisotopic (exact) mass is 1010 g/mol. The molecule has 73 heavy (non-hydrogen) atoms. The van der Waals surface area contributed by atoms with Gasteiger partial charge in [0.05, 0.1) is 6.42 Å². The second-order valence-electron chi connectivity index (χ2n) is 19.9. The van der Waals surface area contributed by atoms with Crippen molar-refractivity contribution in [3.63, 3.8) is 0 Å². The predicted molar refractivity (Wildman–Crippen MR) is 316 cm³/mol. The Balaban J connectivity index is 4.33. The van der Waals surface area contributed by atoms with Crippen LogP contribution in [0.3, 0.4) is 0 Å². The third-order valence-electron chi connectivity index (χ3n) is 12.7. The number of carbonyl (C=O) groups excluding carboxylic acids is 3. The van der Waals surface area contributed by atoms with Crippen molar-refractivity contribution in [3.8, 4) is 0 Å². The van der Waals surface area contributed by atoms with Crippen LogP contribution >= 0.6 is 0 Å². The number of esters is 3. The summed E-state index contributed by atoms with van der Waals surface area (Å²) in [6.07, 6.45) is 82.7. The van der Waals surface area contributed by atoms with Crippen LogP contribution in [0.1, 0.15) is 278 Å². The van der Waals surface area contributed by atoms with Crippen molar-refractivity contribution < 1.29 is 28.6 Å². The number of unbranched alkanes of at least 4 members (excludes halogenated alkanes) is 26. The van der Waals surface area contributed by atoms with Gasteiger partial charge in [0.2, 0.25) is 0 Å². The topological polar surface area (TPSA) is 78.9 Å². The van der Waals surface area contributed by atoms with Crippen molar-refractivity contribution in [1.29, 1.82) is 0 Å². The minimum atomic E-state index is -0.840. The highest BCUT2D eigenvalue weighted by molar-refractivity contribution is 5.72. The first-order valence-corrected chi connectivity index (χ1v) is 30.4. The lowest BCUT2D eigenvalue weighted by molar-refractivity contribution is -0.166. The molecule has 0 aromatic rings. The van der Waals surface area contributed by atoms with E-state index in [2.05, 4.69) is 118 Å². The number of allylic oxidation sites excluding steroid dienone is 17. The molecule has 0 N–H and O–H groups in total. The molecule has 0 saturated carbocycles. The van der Waals surface area contributed by atoms with Crippen LogP contribution in [0.5, 0.6) is 0 Å². The fourth-order valence-electron chi connectivity index (χ4n) is 8.23. The second kappa shape index (κ2) is 60.6. The van der Waals surface area contributed by atoms with E-state index in [0.717, 1.165) is 109 Å². The first kappa shape index (κ1) is 69.1. The number of ether oxygens (including phenoxy) is 3. The highest BCUT2D eigenvalue weighted by atomic mass is 16.6. The fourth-order valence-corrected chi connectivity index (χ4v) is 8.23. The Morgan fingerprint density at radius 3 is 0.959 bits per heavy atom. The summed E-state index contributed by atoms with van der Waals surface area (Å²) in [6, 6.07) is 0. The van der Waals surface area contributed by atoms with E-state index in [-0.39, 0.29) is 31.6 Å². The number of carbonyl (C=O) groups is 3. The van der Waals surface area contributed by atoms with E-state index in [1.165, 1.54) is 128 Å². The zero-order valence-electron chi connectivity index (χ0n) is 47.6. The molecule has 0 heterocycles. The fraction of sp³-hybridized carbons (Fsp3) is 0.687. The Bertz CT molecular complexity index is 1490. The highest BCUT2D eigenvalue weighted by Crippen LogP contribution is 2.16. The average Bonchev–Trinajstić information content (AvgIpc) is 3.39. The standard InChI is InChI=1S/C67H112O6/c1-4-7-10-13-16-19-22-25-27-28-29-30-31-32-33-34-35-36-37-38-40-42-45-48-51-54-57-60-66(69)72-63-64(62-71-65(68)59-56-53-50-47-44-41-24-21-18-15-12-9-6-3)73-67(70)61-58-55-52-49-46-43-39-26-23-20-17-14-11-8-5-2/h8,11-12,15,17,20-22,24-26,28-29,39,46,49,55,58,64H,4-7,9-10,13-14,16,18-19,23,27,30-38,40-45,47-48,50-54,56-57,59-63H2,1-3H3/b11-8-,15-12-,20-17-,24-21-,25-22-,29-28-,39-26-,49-46-,58-55-. The van der Waals surface area contributed by atoms with E-state index in [1.54, 1.807) is 6.08 Å². The molecule has 6 heteroatoms. The Morgan fingerprint density at radius 1 is 0.301 bits per heavy atom. The van der Waals surface area contributed by atoms with Crippen molar-refractivity contribution in [2.45, 2.75) is 284 Å². The van der Waals surface area contributed by atoms with Gasteiger partial charge in [0.15, 0.2) is 6.10 Å². The summed E-state index contributed by atoms with van der Waals surface area (Å²) < 4.78 is 16.7. The van der Waals surface area contributed by atoms with Crippen molar-refractivity contribution in [1.82, 2.24) is 0 Å². The molecular formula is C67H112O6. The average molecular weight is 1010 g/mol. The lowest BCUT2D eigenvalue weighted by Crippen LogP contribution is -2.30. The van der Waals surface area contributed by atoms with Crippen molar-refractivity contribution in [2.75, 3.05) is 13.2 Å². The third kappa shape index (κ3) is 58.8. The quantitative estimate of drug-likeness (QED) is 0.0261. The largest absolute Gasteiger partial charge is 0.462 e. The number of rotatable bonds is 54. The predicted octanol–water partition coefficient (Wildman–Crippen LogP) is 20.7. The normalized spacial score (nSPS) is 12.9. The molecule has 1 unspecified atom stereocenters. The molecule has 0 radical (unpaired) electrons. The summed E-state index contributed by atoms with van der Waals surface area (Å²) in [4.78, 5) is 38.1. The van der Waals surface area contributed by atoms with Crippen LogP contribution in [0.25, 0.3) is 0 Å². The molecule has 0 bridgehead atoms. The Kier molecular flexibility index (Phi) is 57.4. The van der Waals surface area contributed by atoms with Gasteiger partial charge in [-0.25, -0.2) is 0 Å². The zero-order valence-corrected chi connectivity index (χ0v) is 47.6. The Hall–Kier alpha value is -3.93. The molecule has 0 aromatic carbocycles. The van der Waals surface area contributed by atoms with Gasteiger partial charge in [0, 0.05) is 12.8 Å². The zero-order chi connectivity index (χ0) is 52.9. The summed E-state index contributed by atoms with van der Waals surface area (Å²) >= 11 is 0. The van der Waals surface area contributed by atoms with Crippen molar-refractivity contribution >= 4 is 17.9 Å². The molecule has 0 aliphatic heterocycles. The lowest BCUT2D eigenvalue weighted by Gasteiger charge is -2.18. The van der Waals surface area contributed by atoms with Crippen LogP contribution in [0, 0.1) is 0 Å². The molecule has 1 atom stereocenters. The molecule has 0 amide bonds. The molecular weight excluding hydrogens is 901 g/mol. The van der Waals surface area contributed by atoms with E-state index in [4.69, 9.17) is 14.2 Å². The Morgan fingerprint density at radius 2 is 0.603 bits per heavy atom. The highest BCUT2D eigenvalue weighted by Gasteiger charge is 2.19. The van der Waals surface area contributed by atoms with Gasteiger partial charge in [-0.05, 0) is 103 Å². The van der Waals surface area contributed by atoms with Crippen molar-refractivity contribution in [3.05, 3.63) is 109 Å². The maximum atomic E-state index is 12.8. The summed E-state index contributed by atoms with van der Waals surface area (Å²) in [6.45, 7) is 6.36. The van der Waals surface area contributed by atoms with Gasteiger partial charge in [-0.2, -0.15) is 0 Å². The van der Waals surface area contributed by atoms with Crippen LogP contribution in [-0.2, 0) is 28.6 Å². The molecule has 0 fully saturated rings. The van der Waals surface area contributed by atoms with E-state index in [0.29, 0.717) is 12.8 Å². The summed E-state index contributed by atoms with van der Waals surface area (Å²) in [7, 11) is 0. The minimum absolute atomic E-state index is 0.0918. The Labute approximate surface area is 450 Å². The van der Waals surface area contributed by atoms with Crippen LogP contribution in [0.2, 0.25) is 0 Å². The molecule has 0 spiro atoms. The van der Waals surface area contributed by atoms with Gasteiger partial charge < -0.3 is 14.2 Å². The van der Waals surface area contributed by atoms with Crippen LogP contribution in [-0.4, -0.2) is 37.2 Å². The molecule has 416 valence electrons. The van der Waals surface area contributed by atoms with Gasteiger partial charge in [0.25, 0.3) is 0 Å². The molecule has 0 aromatic heterocycles. The van der Waals surface area contributed by atoms with Crippen LogP contribution in [0.15, 0.2) is 109 Å². The minimum Gasteiger partial charge on any atom is -0.462 e. The van der Waals surface area contributed by atoms with Crippen LogP contribution < -0.4 is 0 Å². The SMILES string of the molecule is CC/C=C\C/C=C\C/C=C\C/C=C\C/C=C\CC(=O)OC(COC(=O)CCCCCCC/C=C\C/C=C\CCC)COC(=O)CCCCCCCCCCCCCCCCC/C=C\C/C=C\CCCCCCC. The molecule has 0 aliphatic carbocycles. The summed E-state index contributed by atoms with van der Waals surface area (Å²) in [5, 5.41) is 0. The molecule has 6 nitrogen and oxygen atoms in total. The summed E-state index contributed by atoms with van der Waals surface area (Å²) in [5.74, 6) is -1.07. The van der Waals surface area contributed by atoms with Crippen LogP contribution in [0.4, 0.5) is 0 Å².